The van der Waals surface area contributed by atoms with Crippen LogP contribution in [0.3, 0.4) is 0 Å². The molecule has 0 aromatic carbocycles. The molecule has 0 amide bonds. The van der Waals surface area contributed by atoms with E-state index in [1.54, 1.807) is 0 Å². The van der Waals surface area contributed by atoms with Gasteiger partial charge in [0.25, 0.3) is 0 Å². The van der Waals surface area contributed by atoms with E-state index in [-0.39, 0.29) is 6.04 Å². The van der Waals surface area contributed by atoms with Crippen LogP contribution >= 0.6 is 0 Å². The van der Waals surface area contributed by atoms with Gasteiger partial charge in [-0.2, -0.15) is 0 Å². The molecule has 1 unspecified atom stereocenters. The fourth-order valence-corrected chi connectivity index (χ4v) is 1.08. The number of ether oxygens (including phenoxy) is 2. The summed E-state index contributed by atoms with van der Waals surface area (Å²) in [7, 11) is 3.04. The predicted octanol–water partition coefficient (Wildman–Crippen LogP) is -0.626. The van der Waals surface area contributed by atoms with Gasteiger partial charge in [-0.25, -0.2) is 8.93 Å². The summed E-state index contributed by atoms with van der Waals surface area (Å²) >= 11 is -2.01. The second-order valence-electron chi connectivity index (χ2n) is 1.97. The molecule has 0 saturated carbocycles. The van der Waals surface area contributed by atoms with E-state index >= 15 is 0 Å². The molecule has 0 aromatic heterocycles. The average molecular weight is 183 g/mol. The summed E-state index contributed by atoms with van der Waals surface area (Å²) in [5.74, 6) is 0. The molecule has 5 nitrogen and oxygen atoms in total. The summed E-state index contributed by atoms with van der Waals surface area (Å²) in [5.41, 5.74) is 0. The highest BCUT2D eigenvalue weighted by Gasteiger charge is 2.08. The molecule has 0 aromatic rings. The Morgan fingerprint density at radius 3 is 2.18 bits per heavy atom. The van der Waals surface area contributed by atoms with E-state index in [2.05, 4.69) is 4.72 Å². The lowest BCUT2D eigenvalue weighted by atomic mass is 10.4. The van der Waals surface area contributed by atoms with Gasteiger partial charge in [0, 0.05) is 14.2 Å². The number of rotatable bonds is 6. The third kappa shape index (κ3) is 6.39. The van der Waals surface area contributed by atoms with Crippen molar-refractivity contribution in [3.63, 3.8) is 0 Å². The van der Waals surface area contributed by atoms with Crippen molar-refractivity contribution in [1.82, 2.24) is 4.72 Å². The average Bonchev–Trinajstić information content (AvgIpc) is 1.87. The van der Waals surface area contributed by atoms with Gasteiger partial charge in [-0.1, -0.05) is 0 Å². The first-order valence-electron chi connectivity index (χ1n) is 3.05. The van der Waals surface area contributed by atoms with Crippen molar-refractivity contribution in [3.05, 3.63) is 0 Å². The van der Waals surface area contributed by atoms with Crippen LogP contribution in [0.15, 0.2) is 0 Å². The van der Waals surface area contributed by atoms with Gasteiger partial charge in [-0.3, -0.25) is 4.55 Å². The van der Waals surface area contributed by atoms with Crippen LogP contribution in [0, 0.1) is 0 Å². The number of hydrogen-bond acceptors (Lipinski definition) is 3. The summed E-state index contributed by atoms with van der Waals surface area (Å²) in [6.07, 6.45) is 0. The Morgan fingerprint density at radius 1 is 1.45 bits per heavy atom. The minimum atomic E-state index is -2.01. The minimum Gasteiger partial charge on any atom is -0.383 e. The van der Waals surface area contributed by atoms with Crippen LogP contribution in [0.2, 0.25) is 0 Å². The van der Waals surface area contributed by atoms with E-state index in [0.717, 1.165) is 0 Å². The van der Waals surface area contributed by atoms with Crippen LogP contribution < -0.4 is 4.72 Å². The van der Waals surface area contributed by atoms with Gasteiger partial charge in [-0.05, 0) is 0 Å². The number of methoxy groups -OCH3 is 2. The Kier molecular flexibility index (Phi) is 6.68. The molecular formula is C5H13NO4S. The Labute approximate surface area is 68.5 Å². The number of nitrogens with one attached hydrogen (secondary N) is 1. The predicted molar refractivity (Wildman–Crippen MR) is 41.4 cm³/mol. The fourth-order valence-electron chi connectivity index (χ4n) is 0.661. The molecule has 0 aliphatic rings. The largest absolute Gasteiger partial charge is 0.383 e. The van der Waals surface area contributed by atoms with Gasteiger partial charge in [0.1, 0.15) is 0 Å². The van der Waals surface area contributed by atoms with Crippen molar-refractivity contribution < 1.29 is 18.2 Å². The maximum Gasteiger partial charge on any atom is 0.232 e. The molecule has 0 fully saturated rings. The van der Waals surface area contributed by atoms with E-state index in [1.807, 2.05) is 0 Å². The second-order valence-corrected chi connectivity index (χ2v) is 2.71. The lowest BCUT2D eigenvalue weighted by molar-refractivity contribution is 0.112. The summed E-state index contributed by atoms with van der Waals surface area (Å²) in [6.45, 7) is 0.695. The van der Waals surface area contributed by atoms with Gasteiger partial charge in [-0.15, -0.1) is 0 Å². The standard InChI is InChI=1S/C5H13NO4S/c1-9-3-5(4-10-2)6-11(7)8/h5-6H,3-4H2,1-2H3,(H,7,8). The van der Waals surface area contributed by atoms with E-state index in [4.69, 9.17) is 14.0 Å². The molecule has 0 bridgehead atoms. The molecule has 0 saturated heterocycles. The summed E-state index contributed by atoms with van der Waals surface area (Å²) in [5, 5.41) is 0. The molecule has 0 rings (SSSR count). The normalized spacial score (nSPS) is 13.8. The van der Waals surface area contributed by atoms with Crippen molar-refractivity contribution >= 4 is 11.3 Å². The van der Waals surface area contributed by atoms with Gasteiger partial charge < -0.3 is 9.47 Å². The first-order valence-corrected chi connectivity index (χ1v) is 4.16. The van der Waals surface area contributed by atoms with E-state index in [0.29, 0.717) is 13.2 Å². The minimum absolute atomic E-state index is 0.240. The Bertz CT molecular complexity index is 115. The van der Waals surface area contributed by atoms with E-state index in [1.165, 1.54) is 14.2 Å². The zero-order valence-corrected chi connectivity index (χ0v) is 7.39. The maximum atomic E-state index is 10.2. The maximum absolute atomic E-state index is 10.2. The SMILES string of the molecule is COCC(COC)NS(=O)O. The van der Waals surface area contributed by atoms with Crippen LogP contribution in [-0.4, -0.2) is 42.2 Å². The first kappa shape index (κ1) is 11.0. The van der Waals surface area contributed by atoms with Crippen molar-refractivity contribution in [2.24, 2.45) is 0 Å². The third-order valence-corrected chi connectivity index (χ3v) is 1.54. The quantitative estimate of drug-likeness (QED) is 0.538. The molecule has 0 radical (unpaired) electrons. The van der Waals surface area contributed by atoms with Crippen molar-refractivity contribution in [2.75, 3.05) is 27.4 Å². The summed E-state index contributed by atoms with van der Waals surface area (Å²) in [6, 6.07) is -0.240. The van der Waals surface area contributed by atoms with E-state index < -0.39 is 11.3 Å². The lowest BCUT2D eigenvalue weighted by Gasteiger charge is -2.13. The zero-order chi connectivity index (χ0) is 8.69. The second kappa shape index (κ2) is 6.68. The lowest BCUT2D eigenvalue weighted by Crippen LogP contribution is -2.37. The van der Waals surface area contributed by atoms with Gasteiger partial charge >= 0.3 is 0 Å². The van der Waals surface area contributed by atoms with Crippen LogP contribution in [-0.2, 0) is 20.7 Å². The summed E-state index contributed by atoms with van der Waals surface area (Å²) in [4.78, 5) is 0. The zero-order valence-electron chi connectivity index (χ0n) is 6.57. The van der Waals surface area contributed by atoms with Crippen LogP contribution in [0.5, 0.6) is 0 Å². The number of hydrogen-bond donors (Lipinski definition) is 2. The molecule has 0 aliphatic heterocycles. The Morgan fingerprint density at radius 2 is 1.91 bits per heavy atom. The van der Waals surface area contributed by atoms with Crippen LogP contribution in [0.1, 0.15) is 0 Å². The molecule has 11 heavy (non-hydrogen) atoms. The molecule has 2 N–H and O–H groups in total. The Hall–Kier alpha value is -0.0100. The molecule has 6 heteroatoms. The van der Waals surface area contributed by atoms with Gasteiger partial charge in [0.2, 0.25) is 11.3 Å². The molecule has 1 atom stereocenters. The molecular weight excluding hydrogens is 170 g/mol. The highest BCUT2D eigenvalue weighted by molar-refractivity contribution is 7.77. The van der Waals surface area contributed by atoms with E-state index in [9.17, 15) is 4.21 Å². The molecule has 0 aliphatic carbocycles. The molecule has 0 heterocycles. The third-order valence-electron chi connectivity index (χ3n) is 1.00. The smallest absolute Gasteiger partial charge is 0.232 e. The van der Waals surface area contributed by atoms with Gasteiger partial charge in [0.15, 0.2) is 0 Å². The van der Waals surface area contributed by atoms with Crippen LogP contribution in [0.4, 0.5) is 0 Å². The van der Waals surface area contributed by atoms with Crippen LogP contribution in [0.25, 0.3) is 0 Å². The van der Waals surface area contributed by atoms with Crippen molar-refractivity contribution in [3.8, 4) is 0 Å². The highest BCUT2D eigenvalue weighted by atomic mass is 32.2. The van der Waals surface area contributed by atoms with Crippen molar-refractivity contribution in [1.29, 1.82) is 0 Å². The summed E-state index contributed by atoms with van der Waals surface area (Å²) < 4.78 is 30.6. The highest BCUT2D eigenvalue weighted by Crippen LogP contribution is 1.86. The van der Waals surface area contributed by atoms with Crippen molar-refractivity contribution in [2.45, 2.75) is 6.04 Å². The Balaban J connectivity index is 3.59. The molecule has 68 valence electrons. The van der Waals surface area contributed by atoms with Gasteiger partial charge in [0.05, 0.1) is 19.3 Å². The molecule has 0 spiro atoms. The monoisotopic (exact) mass is 183 g/mol. The fraction of sp³-hybridized carbons (Fsp3) is 1.00. The first-order chi connectivity index (χ1) is 5.20. The topological polar surface area (TPSA) is 67.8 Å².